The molecule has 1 fully saturated rings. The SMILES string of the molecule is O=C(NC[C@H]1CCCO1)c1cc2ccccc2oc1=O. The summed E-state index contributed by atoms with van der Waals surface area (Å²) in [4.78, 5) is 23.9. The van der Waals surface area contributed by atoms with E-state index in [-0.39, 0.29) is 11.7 Å². The molecule has 20 heavy (non-hydrogen) atoms. The lowest BCUT2D eigenvalue weighted by atomic mass is 10.1. The van der Waals surface area contributed by atoms with Crippen molar-refractivity contribution in [2.24, 2.45) is 0 Å². The van der Waals surface area contributed by atoms with E-state index in [2.05, 4.69) is 5.32 Å². The van der Waals surface area contributed by atoms with Crippen molar-refractivity contribution >= 4 is 16.9 Å². The highest BCUT2D eigenvalue weighted by Gasteiger charge is 2.18. The maximum atomic E-state index is 12.0. The van der Waals surface area contributed by atoms with Crippen molar-refractivity contribution < 1.29 is 13.9 Å². The number of ether oxygens (including phenoxy) is 1. The first-order chi connectivity index (χ1) is 9.74. The Morgan fingerprint density at radius 3 is 3.00 bits per heavy atom. The molecule has 1 amide bonds. The van der Waals surface area contributed by atoms with Gasteiger partial charge in [-0.25, -0.2) is 4.79 Å². The Morgan fingerprint density at radius 1 is 1.35 bits per heavy atom. The molecular weight excluding hydrogens is 258 g/mol. The van der Waals surface area contributed by atoms with Gasteiger partial charge in [0, 0.05) is 18.5 Å². The summed E-state index contributed by atoms with van der Waals surface area (Å²) in [6.45, 7) is 1.16. The predicted molar refractivity (Wildman–Crippen MR) is 73.8 cm³/mol. The fraction of sp³-hybridized carbons (Fsp3) is 0.333. The van der Waals surface area contributed by atoms with Crippen molar-refractivity contribution in [3.63, 3.8) is 0 Å². The predicted octanol–water partition coefficient (Wildman–Crippen LogP) is 1.70. The van der Waals surface area contributed by atoms with Crippen molar-refractivity contribution in [1.29, 1.82) is 0 Å². The van der Waals surface area contributed by atoms with Crippen molar-refractivity contribution in [3.8, 4) is 0 Å². The zero-order valence-electron chi connectivity index (χ0n) is 10.9. The molecule has 0 spiro atoms. The minimum atomic E-state index is -0.617. The molecule has 0 aliphatic carbocycles. The molecule has 5 nitrogen and oxygen atoms in total. The lowest BCUT2D eigenvalue weighted by Crippen LogP contribution is -2.34. The number of nitrogens with one attached hydrogen (secondary N) is 1. The van der Waals surface area contributed by atoms with E-state index in [1.165, 1.54) is 0 Å². The van der Waals surface area contributed by atoms with Gasteiger partial charge < -0.3 is 14.5 Å². The zero-order chi connectivity index (χ0) is 13.9. The summed E-state index contributed by atoms with van der Waals surface area (Å²) in [7, 11) is 0. The second kappa shape index (κ2) is 5.46. The Balaban J connectivity index is 1.79. The average molecular weight is 273 g/mol. The summed E-state index contributed by atoms with van der Waals surface area (Å²) < 4.78 is 10.6. The smallest absolute Gasteiger partial charge is 0.349 e. The maximum Gasteiger partial charge on any atom is 0.349 e. The Kier molecular flexibility index (Phi) is 3.52. The number of fused-ring (bicyclic) bond motifs is 1. The number of amides is 1. The molecule has 1 aliphatic heterocycles. The van der Waals surface area contributed by atoms with Gasteiger partial charge in [0.25, 0.3) is 5.91 Å². The highest BCUT2D eigenvalue weighted by atomic mass is 16.5. The molecule has 5 heteroatoms. The van der Waals surface area contributed by atoms with Gasteiger partial charge in [-0.15, -0.1) is 0 Å². The van der Waals surface area contributed by atoms with Gasteiger partial charge >= 0.3 is 5.63 Å². The molecule has 3 rings (SSSR count). The van der Waals surface area contributed by atoms with E-state index in [1.54, 1.807) is 24.3 Å². The summed E-state index contributed by atoms with van der Waals surface area (Å²) >= 11 is 0. The number of carbonyl (C=O) groups excluding carboxylic acids is 1. The van der Waals surface area contributed by atoms with E-state index >= 15 is 0 Å². The third kappa shape index (κ3) is 2.58. The van der Waals surface area contributed by atoms with Crippen LogP contribution in [0.25, 0.3) is 11.0 Å². The van der Waals surface area contributed by atoms with Crippen LogP contribution >= 0.6 is 0 Å². The molecule has 2 heterocycles. The normalized spacial score (nSPS) is 18.3. The van der Waals surface area contributed by atoms with Crippen LogP contribution in [0.1, 0.15) is 23.2 Å². The molecule has 0 bridgehead atoms. The molecular formula is C15H15NO4. The fourth-order valence-corrected chi connectivity index (χ4v) is 2.33. The topological polar surface area (TPSA) is 68.5 Å². The second-order valence-electron chi connectivity index (χ2n) is 4.83. The van der Waals surface area contributed by atoms with Crippen LogP contribution in [0.4, 0.5) is 0 Å². The molecule has 0 radical (unpaired) electrons. The van der Waals surface area contributed by atoms with Crippen LogP contribution in [0.5, 0.6) is 0 Å². The first kappa shape index (κ1) is 12.9. The van der Waals surface area contributed by atoms with Gasteiger partial charge in [0.2, 0.25) is 0 Å². The zero-order valence-corrected chi connectivity index (χ0v) is 10.9. The molecule has 0 unspecified atom stereocenters. The second-order valence-corrected chi connectivity index (χ2v) is 4.83. The van der Waals surface area contributed by atoms with E-state index in [0.717, 1.165) is 24.8 Å². The number of hydrogen-bond donors (Lipinski definition) is 1. The number of hydrogen-bond acceptors (Lipinski definition) is 4. The Hall–Kier alpha value is -2.14. The minimum absolute atomic E-state index is 0.0293. The van der Waals surface area contributed by atoms with Gasteiger partial charge in [-0.3, -0.25) is 4.79 Å². The Labute approximate surface area is 115 Å². The summed E-state index contributed by atoms with van der Waals surface area (Å²) in [5.41, 5.74) is -0.108. The third-order valence-electron chi connectivity index (χ3n) is 3.40. The van der Waals surface area contributed by atoms with Gasteiger partial charge in [-0.05, 0) is 25.0 Å². The maximum absolute atomic E-state index is 12.0. The largest absolute Gasteiger partial charge is 0.422 e. The van der Waals surface area contributed by atoms with Crippen molar-refractivity contribution in [2.75, 3.05) is 13.2 Å². The molecule has 1 aliphatic rings. The minimum Gasteiger partial charge on any atom is -0.422 e. The van der Waals surface area contributed by atoms with E-state index in [4.69, 9.17) is 9.15 Å². The molecule has 0 saturated carbocycles. The van der Waals surface area contributed by atoms with Gasteiger partial charge in [0.05, 0.1) is 6.10 Å². The van der Waals surface area contributed by atoms with Crippen LogP contribution in [-0.2, 0) is 4.74 Å². The summed E-state index contributed by atoms with van der Waals surface area (Å²) in [6, 6.07) is 8.67. The molecule has 104 valence electrons. The van der Waals surface area contributed by atoms with Crippen LogP contribution in [0.2, 0.25) is 0 Å². The van der Waals surface area contributed by atoms with E-state index in [9.17, 15) is 9.59 Å². The van der Waals surface area contributed by atoms with Crippen LogP contribution in [0, 0.1) is 0 Å². The highest BCUT2D eigenvalue weighted by Crippen LogP contribution is 2.13. The van der Waals surface area contributed by atoms with Crippen LogP contribution in [0.15, 0.2) is 39.5 Å². The van der Waals surface area contributed by atoms with Gasteiger partial charge in [0.15, 0.2) is 0 Å². The third-order valence-corrected chi connectivity index (χ3v) is 3.40. The Bertz CT molecular complexity index is 686. The monoisotopic (exact) mass is 273 g/mol. The highest BCUT2D eigenvalue weighted by molar-refractivity contribution is 5.96. The van der Waals surface area contributed by atoms with Crippen LogP contribution < -0.4 is 10.9 Å². The van der Waals surface area contributed by atoms with Crippen LogP contribution in [-0.4, -0.2) is 25.2 Å². The Morgan fingerprint density at radius 2 is 2.20 bits per heavy atom. The van der Waals surface area contributed by atoms with Gasteiger partial charge in [0.1, 0.15) is 11.1 Å². The molecule has 1 saturated heterocycles. The standard InChI is InChI=1S/C15H15NO4/c17-14(16-9-11-5-3-7-19-11)12-8-10-4-1-2-6-13(10)20-15(12)18/h1-2,4,6,8,11H,3,5,7,9H2,(H,16,17)/t11-/m1/s1. The molecule has 1 aromatic carbocycles. The average Bonchev–Trinajstić information content (AvgIpc) is 2.97. The molecule has 1 N–H and O–H groups in total. The number of carbonyl (C=O) groups is 1. The first-order valence-electron chi connectivity index (χ1n) is 6.67. The molecule has 1 atom stereocenters. The van der Waals surface area contributed by atoms with E-state index in [1.807, 2.05) is 6.07 Å². The lowest BCUT2D eigenvalue weighted by Gasteiger charge is -2.10. The van der Waals surface area contributed by atoms with Gasteiger partial charge in [-0.2, -0.15) is 0 Å². The number of para-hydroxylation sites is 1. The quantitative estimate of drug-likeness (QED) is 0.864. The summed E-state index contributed by atoms with van der Waals surface area (Å²) in [5.74, 6) is -0.417. The van der Waals surface area contributed by atoms with E-state index < -0.39 is 11.5 Å². The first-order valence-corrected chi connectivity index (χ1v) is 6.67. The fourth-order valence-electron chi connectivity index (χ4n) is 2.33. The van der Waals surface area contributed by atoms with E-state index in [0.29, 0.717) is 12.1 Å². The molecule has 1 aromatic heterocycles. The van der Waals surface area contributed by atoms with Crippen molar-refractivity contribution in [1.82, 2.24) is 5.32 Å². The van der Waals surface area contributed by atoms with Crippen molar-refractivity contribution in [3.05, 3.63) is 46.3 Å². The number of benzene rings is 1. The van der Waals surface area contributed by atoms with Crippen molar-refractivity contribution in [2.45, 2.75) is 18.9 Å². The van der Waals surface area contributed by atoms with Crippen LogP contribution in [0.3, 0.4) is 0 Å². The summed E-state index contributed by atoms with van der Waals surface area (Å²) in [6.07, 6.45) is 2.00. The molecule has 2 aromatic rings. The van der Waals surface area contributed by atoms with Gasteiger partial charge in [-0.1, -0.05) is 18.2 Å². The summed E-state index contributed by atoms with van der Waals surface area (Å²) in [5, 5.41) is 3.45. The lowest BCUT2D eigenvalue weighted by molar-refractivity contribution is 0.0855. The number of rotatable bonds is 3.